The van der Waals surface area contributed by atoms with E-state index in [9.17, 15) is 0 Å². The number of nitrogens with two attached hydrogens (primary N) is 1. The maximum absolute atomic E-state index is 5.99. The van der Waals surface area contributed by atoms with Gasteiger partial charge in [-0.3, -0.25) is 9.88 Å². The van der Waals surface area contributed by atoms with Gasteiger partial charge in [0.2, 0.25) is 0 Å². The number of benzene rings is 1. The highest BCUT2D eigenvalue weighted by Crippen LogP contribution is 2.18. The maximum atomic E-state index is 5.99. The maximum Gasteiger partial charge on any atom is 0.0429 e. The fourth-order valence-electron chi connectivity index (χ4n) is 1.93. The molecule has 2 N–H and O–H groups in total. The Morgan fingerprint density at radius 2 is 1.78 bits per heavy atom. The van der Waals surface area contributed by atoms with E-state index in [1.54, 1.807) is 18.5 Å². The van der Waals surface area contributed by atoms with E-state index < -0.39 is 0 Å². The first-order valence-corrected chi connectivity index (χ1v) is 6.13. The van der Waals surface area contributed by atoms with E-state index in [2.05, 4.69) is 16.9 Å². The number of nitrogen functional groups attached to an aromatic ring is 1. The number of hydrogen-bond donors (Lipinski definition) is 1. The third-order valence-electron chi connectivity index (χ3n) is 2.63. The van der Waals surface area contributed by atoms with Crippen LogP contribution >= 0.6 is 11.6 Å². The quantitative estimate of drug-likeness (QED) is 0.861. The summed E-state index contributed by atoms with van der Waals surface area (Å²) in [7, 11) is 2.07. The van der Waals surface area contributed by atoms with E-state index in [0.717, 1.165) is 18.7 Å². The number of hydrogen-bond acceptors (Lipinski definition) is 3. The van der Waals surface area contributed by atoms with Crippen LogP contribution in [0.2, 0.25) is 5.02 Å². The predicted octanol–water partition coefficient (Wildman–Crippen LogP) is 2.95. The molecule has 1 aromatic heterocycles. The lowest BCUT2D eigenvalue weighted by molar-refractivity contribution is 0.319. The highest BCUT2D eigenvalue weighted by molar-refractivity contribution is 6.30. The summed E-state index contributed by atoms with van der Waals surface area (Å²) in [6, 6.07) is 9.69. The molecule has 0 saturated heterocycles. The van der Waals surface area contributed by atoms with Crippen LogP contribution < -0.4 is 5.73 Å². The molecule has 1 aromatic carbocycles. The average molecular weight is 262 g/mol. The zero-order valence-electron chi connectivity index (χ0n) is 10.3. The Labute approximate surface area is 112 Å². The normalized spacial score (nSPS) is 10.8. The van der Waals surface area contributed by atoms with Crippen molar-refractivity contribution in [1.82, 2.24) is 9.88 Å². The Balaban J connectivity index is 2.01. The molecule has 0 amide bonds. The first-order valence-electron chi connectivity index (χ1n) is 5.76. The Bertz CT molecular complexity index is 493. The van der Waals surface area contributed by atoms with Crippen LogP contribution in [-0.2, 0) is 13.1 Å². The van der Waals surface area contributed by atoms with Crippen LogP contribution in [0.25, 0.3) is 0 Å². The molecule has 0 fully saturated rings. The van der Waals surface area contributed by atoms with Crippen molar-refractivity contribution < 1.29 is 0 Å². The second kappa shape index (κ2) is 5.85. The van der Waals surface area contributed by atoms with Crippen LogP contribution in [0.3, 0.4) is 0 Å². The number of anilines is 1. The molecule has 1 heterocycles. The highest BCUT2D eigenvalue weighted by atomic mass is 35.5. The minimum absolute atomic E-state index is 0.683. The molecule has 0 spiro atoms. The molecule has 0 bridgehead atoms. The van der Waals surface area contributed by atoms with Crippen LogP contribution in [-0.4, -0.2) is 16.9 Å². The summed E-state index contributed by atoms with van der Waals surface area (Å²) in [6.07, 6.45) is 3.61. The van der Waals surface area contributed by atoms with Gasteiger partial charge in [-0.15, -0.1) is 0 Å². The summed E-state index contributed by atoms with van der Waals surface area (Å²) in [5, 5.41) is 0.683. The van der Waals surface area contributed by atoms with Crippen LogP contribution in [0, 0.1) is 0 Å². The average Bonchev–Trinajstić information content (AvgIpc) is 2.28. The van der Waals surface area contributed by atoms with E-state index in [4.69, 9.17) is 17.3 Å². The van der Waals surface area contributed by atoms with E-state index in [1.807, 2.05) is 24.3 Å². The third kappa shape index (κ3) is 3.72. The van der Waals surface area contributed by atoms with E-state index in [1.165, 1.54) is 5.56 Å². The molecule has 2 rings (SSSR count). The van der Waals surface area contributed by atoms with Crippen LogP contribution in [0.4, 0.5) is 5.69 Å². The van der Waals surface area contributed by atoms with Gasteiger partial charge in [0.15, 0.2) is 0 Å². The zero-order valence-corrected chi connectivity index (χ0v) is 11.1. The van der Waals surface area contributed by atoms with Crippen molar-refractivity contribution in [2.24, 2.45) is 0 Å². The Morgan fingerprint density at radius 1 is 1.11 bits per heavy atom. The van der Waals surface area contributed by atoms with E-state index >= 15 is 0 Å². The van der Waals surface area contributed by atoms with Gasteiger partial charge in [-0.25, -0.2) is 0 Å². The van der Waals surface area contributed by atoms with Crippen LogP contribution in [0.5, 0.6) is 0 Å². The lowest BCUT2D eigenvalue weighted by Crippen LogP contribution is -2.17. The molecular formula is C14H16ClN3. The summed E-state index contributed by atoms with van der Waals surface area (Å²) in [5.74, 6) is 0. The summed E-state index contributed by atoms with van der Waals surface area (Å²) in [4.78, 5) is 6.22. The number of nitrogens with zero attached hydrogens (tertiary/aromatic N) is 2. The Hall–Kier alpha value is -1.58. The van der Waals surface area contributed by atoms with E-state index in [0.29, 0.717) is 10.7 Å². The molecule has 18 heavy (non-hydrogen) atoms. The number of halogens is 1. The Kier molecular flexibility index (Phi) is 4.18. The predicted molar refractivity (Wildman–Crippen MR) is 75.3 cm³/mol. The third-order valence-corrected chi connectivity index (χ3v) is 2.85. The standard InChI is InChI=1S/C14H16ClN3/c1-18(9-11-2-4-17-5-3-11)10-12-6-13(15)8-14(16)7-12/h2-8H,9-10,16H2,1H3. The molecule has 4 heteroatoms. The molecule has 0 radical (unpaired) electrons. The van der Waals surface area contributed by atoms with Gasteiger partial charge in [0.05, 0.1) is 0 Å². The van der Waals surface area contributed by atoms with Crippen molar-refractivity contribution >= 4 is 17.3 Å². The minimum Gasteiger partial charge on any atom is -0.399 e. The second-order valence-corrected chi connectivity index (χ2v) is 4.86. The summed E-state index contributed by atoms with van der Waals surface area (Å²) < 4.78 is 0. The van der Waals surface area contributed by atoms with Gasteiger partial charge in [-0.05, 0) is 48.5 Å². The zero-order chi connectivity index (χ0) is 13.0. The van der Waals surface area contributed by atoms with Crippen molar-refractivity contribution in [3.8, 4) is 0 Å². The van der Waals surface area contributed by atoms with Gasteiger partial charge in [-0.2, -0.15) is 0 Å². The minimum atomic E-state index is 0.683. The van der Waals surface area contributed by atoms with Crippen molar-refractivity contribution in [3.05, 3.63) is 58.9 Å². The number of pyridine rings is 1. The molecule has 3 nitrogen and oxygen atoms in total. The van der Waals surface area contributed by atoms with Crippen LogP contribution in [0.1, 0.15) is 11.1 Å². The number of aromatic nitrogens is 1. The second-order valence-electron chi connectivity index (χ2n) is 4.42. The lowest BCUT2D eigenvalue weighted by Gasteiger charge is -2.17. The largest absolute Gasteiger partial charge is 0.399 e. The number of rotatable bonds is 4. The fraction of sp³-hybridized carbons (Fsp3) is 0.214. The van der Waals surface area contributed by atoms with Crippen molar-refractivity contribution in [1.29, 1.82) is 0 Å². The van der Waals surface area contributed by atoms with Crippen molar-refractivity contribution in [2.75, 3.05) is 12.8 Å². The topological polar surface area (TPSA) is 42.2 Å². The molecule has 0 aliphatic carbocycles. The summed E-state index contributed by atoms with van der Waals surface area (Å²) in [5.41, 5.74) is 8.84. The van der Waals surface area contributed by atoms with Gasteiger partial charge in [-0.1, -0.05) is 11.6 Å². The molecule has 0 aliphatic rings. The SMILES string of the molecule is CN(Cc1ccncc1)Cc1cc(N)cc(Cl)c1. The smallest absolute Gasteiger partial charge is 0.0429 e. The summed E-state index contributed by atoms with van der Waals surface area (Å²) >= 11 is 5.99. The first kappa shape index (κ1) is 12.9. The molecule has 0 unspecified atom stereocenters. The summed E-state index contributed by atoms with van der Waals surface area (Å²) in [6.45, 7) is 1.68. The van der Waals surface area contributed by atoms with Gasteiger partial charge < -0.3 is 5.73 Å². The van der Waals surface area contributed by atoms with Gasteiger partial charge in [0.1, 0.15) is 0 Å². The molecule has 2 aromatic rings. The van der Waals surface area contributed by atoms with Crippen LogP contribution in [0.15, 0.2) is 42.7 Å². The fourth-order valence-corrected chi connectivity index (χ4v) is 2.20. The molecule has 0 saturated carbocycles. The van der Waals surface area contributed by atoms with Gasteiger partial charge in [0.25, 0.3) is 0 Å². The van der Waals surface area contributed by atoms with Gasteiger partial charge >= 0.3 is 0 Å². The molecule has 0 atom stereocenters. The van der Waals surface area contributed by atoms with Gasteiger partial charge in [0, 0.05) is 36.2 Å². The first-order chi connectivity index (χ1) is 8.63. The van der Waals surface area contributed by atoms with Crippen molar-refractivity contribution in [2.45, 2.75) is 13.1 Å². The lowest BCUT2D eigenvalue weighted by atomic mass is 10.2. The Morgan fingerprint density at radius 3 is 2.44 bits per heavy atom. The molecule has 0 aliphatic heterocycles. The van der Waals surface area contributed by atoms with E-state index in [-0.39, 0.29) is 0 Å². The molecule has 94 valence electrons. The monoisotopic (exact) mass is 261 g/mol. The molecular weight excluding hydrogens is 246 g/mol. The van der Waals surface area contributed by atoms with Crippen molar-refractivity contribution in [3.63, 3.8) is 0 Å². The highest BCUT2D eigenvalue weighted by Gasteiger charge is 2.03.